The van der Waals surface area contributed by atoms with Crippen LogP contribution in [0.2, 0.25) is 0 Å². The van der Waals surface area contributed by atoms with Gasteiger partial charge in [-0.1, -0.05) is 0 Å². The Balaban J connectivity index is 2.42. The minimum absolute atomic E-state index is 0.0781. The Kier molecular flexibility index (Phi) is 2.32. The van der Waals surface area contributed by atoms with E-state index in [1.807, 2.05) is 6.08 Å². The lowest BCUT2D eigenvalue weighted by molar-refractivity contribution is -0.128. The number of hydrogen-bond donors (Lipinski definition) is 1. The molecular formula is C6H8BrNO2. The highest BCUT2D eigenvalue weighted by Gasteiger charge is 2.22. The highest BCUT2D eigenvalue weighted by atomic mass is 79.9. The summed E-state index contributed by atoms with van der Waals surface area (Å²) in [6, 6.07) is 0. The molecule has 0 aromatic heterocycles. The van der Waals surface area contributed by atoms with E-state index >= 15 is 0 Å². The summed E-state index contributed by atoms with van der Waals surface area (Å²) in [5, 5.41) is 2.51. The number of hydrogen-bond acceptors (Lipinski definition) is 2. The minimum Gasteiger partial charge on any atom is -0.474 e. The van der Waals surface area contributed by atoms with Crippen molar-refractivity contribution in [2.45, 2.75) is 12.5 Å². The zero-order valence-corrected chi connectivity index (χ0v) is 7.14. The first-order valence-electron chi connectivity index (χ1n) is 2.98. The highest BCUT2D eigenvalue weighted by Crippen LogP contribution is 2.21. The van der Waals surface area contributed by atoms with Crippen LogP contribution in [0.25, 0.3) is 0 Å². The van der Waals surface area contributed by atoms with E-state index in [-0.39, 0.29) is 12.0 Å². The fourth-order valence-corrected chi connectivity index (χ4v) is 1.17. The lowest BCUT2D eigenvalue weighted by atomic mass is 10.2. The molecule has 1 aliphatic rings. The molecule has 0 saturated heterocycles. The van der Waals surface area contributed by atoms with Crippen LogP contribution in [-0.2, 0) is 9.53 Å². The van der Waals surface area contributed by atoms with E-state index in [1.54, 1.807) is 7.05 Å². The Morgan fingerprint density at radius 1 is 2.00 bits per heavy atom. The number of carbonyl (C=O) groups is 1. The summed E-state index contributed by atoms with van der Waals surface area (Å²) in [6.07, 6.45) is 2.15. The molecule has 3 nitrogen and oxygen atoms in total. The van der Waals surface area contributed by atoms with Gasteiger partial charge < -0.3 is 10.1 Å². The Morgan fingerprint density at radius 3 is 3.10 bits per heavy atom. The summed E-state index contributed by atoms with van der Waals surface area (Å²) in [5.41, 5.74) is 0. The van der Waals surface area contributed by atoms with Crippen molar-refractivity contribution in [1.29, 1.82) is 0 Å². The molecule has 1 N–H and O–H groups in total. The number of amides is 1. The fourth-order valence-electron chi connectivity index (χ4n) is 0.753. The van der Waals surface area contributed by atoms with E-state index in [0.29, 0.717) is 11.1 Å². The summed E-state index contributed by atoms with van der Waals surface area (Å²) in [7, 11) is 1.60. The second kappa shape index (κ2) is 3.05. The molecule has 0 bridgehead atoms. The van der Waals surface area contributed by atoms with E-state index in [0.717, 1.165) is 0 Å². The van der Waals surface area contributed by atoms with Gasteiger partial charge in [-0.05, 0) is 22.0 Å². The van der Waals surface area contributed by atoms with Crippen LogP contribution >= 0.6 is 15.9 Å². The second-order valence-corrected chi connectivity index (χ2v) is 2.75. The van der Waals surface area contributed by atoms with Crippen LogP contribution in [0.4, 0.5) is 0 Å². The zero-order chi connectivity index (χ0) is 7.56. The summed E-state index contributed by atoms with van der Waals surface area (Å²) in [5.74, 6) is -0.0781. The van der Waals surface area contributed by atoms with Crippen LogP contribution in [-0.4, -0.2) is 19.1 Å². The molecule has 1 unspecified atom stereocenters. The molecule has 1 aliphatic heterocycles. The number of ether oxygens (including phenoxy) is 1. The summed E-state index contributed by atoms with van der Waals surface area (Å²) >= 11 is 3.14. The van der Waals surface area contributed by atoms with E-state index in [9.17, 15) is 4.79 Å². The Hall–Kier alpha value is -0.510. The molecule has 0 aromatic carbocycles. The topological polar surface area (TPSA) is 38.3 Å². The molecule has 0 fully saturated rings. The van der Waals surface area contributed by atoms with Crippen molar-refractivity contribution in [1.82, 2.24) is 5.32 Å². The van der Waals surface area contributed by atoms with E-state index in [1.165, 1.54) is 0 Å². The molecule has 0 aliphatic carbocycles. The Morgan fingerprint density at radius 2 is 2.70 bits per heavy atom. The molecule has 10 heavy (non-hydrogen) atoms. The molecule has 0 aromatic rings. The maximum absolute atomic E-state index is 10.9. The summed E-state index contributed by atoms with van der Waals surface area (Å²) in [4.78, 5) is 10.9. The van der Waals surface area contributed by atoms with E-state index < -0.39 is 0 Å². The van der Waals surface area contributed by atoms with Crippen LogP contribution in [0.3, 0.4) is 0 Å². The largest absolute Gasteiger partial charge is 0.474 e. The minimum atomic E-state index is -0.334. The third-order valence-electron chi connectivity index (χ3n) is 1.29. The quantitative estimate of drug-likeness (QED) is 0.687. The fraction of sp³-hybridized carbons (Fsp3) is 0.500. The van der Waals surface area contributed by atoms with Crippen molar-refractivity contribution in [3.8, 4) is 0 Å². The van der Waals surface area contributed by atoms with Crippen molar-refractivity contribution in [2.24, 2.45) is 0 Å². The molecule has 56 valence electrons. The van der Waals surface area contributed by atoms with Crippen molar-refractivity contribution in [3.05, 3.63) is 10.7 Å². The maximum atomic E-state index is 10.9. The number of halogens is 1. The van der Waals surface area contributed by atoms with Crippen molar-refractivity contribution in [2.75, 3.05) is 7.05 Å². The standard InChI is InChI=1S/C6H8BrNO2/c1-8-6(9)4-2-3-5(7)10-4/h3-4H,2H2,1H3,(H,8,9). The summed E-state index contributed by atoms with van der Waals surface area (Å²) in [6.45, 7) is 0. The van der Waals surface area contributed by atoms with Crippen LogP contribution in [0.1, 0.15) is 6.42 Å². The number of likely N-dealkylation sites (N-methyl/N-ethyl adjacent to an activating group) is 1. The van der Waals surface area contributed by atoms with Gasteiger partial charge >= 0.3 is 0 Å². The SMILES string of the molecule is CNC(=O)C1CC=C(Br)O1. The molecule has 1 atom stereocenters. The van der Waals surface area contributed by atoms with Gasteiger partial charge in [-0.3, -0.25) is 4.79 Å². The van der Waals surface area contributed by atoms with Gasteiger partial charge in [0.25, 0.3) is 5.91 Å². The van der Waals surface area contributed by atoms with Crippen molar-refractivity contribution >= 4 is 21.8 Å². The molecular weight excluding hydrogens is 198 g/mol. The van der Waals surface area contributed by atoms with Gasteiger partial charge in [0.1, 0.15) is 0 Å². The average molecular weight is 206 g/mol. The van der Waals surface area contributed by atoms with Gasteiger partial charge in [0.05, 0.1) is 0 Å². The van der Waals surface area contributed by atoms with Gasteiger partial charge in [-0.15, -0.1) is 0 Å². The zero-order valence-electron chi connectivity index (χ0n) is 5.56. The molecule has 1 rings (SSSR count). The average Bonchev–Trinajstić information content (AvgIpc) is 2.34. The molecule has 1 amide bonds. The number of rotatable bonds is 1. The number of nitrogens with one attached hydrogen (secondary N) is 1. The first-order valence-corrected chi connectivity index (χ1v) is 3.77. The Labute approximate surface area is 67.6 Å². The van der Waals surface area contributed by atoms with Crippen molar-refractivity contribution < 1.29 is 9.53 Å². The normalized spacial score (nSPS) is 23.4. The molecule has 0 saturated carbocycles. The predicted octanol–water partition coefficient (Wildman–Crippen LogP) is 0.758. The predicted molar refractivity (Wildman–Crippen MR) is 40.6 cm³/mol. The van der Waals surface area contributed by atoms with E-state index in [4.69, 9.17) is 4.74 Å². The van der Waals surface area contributed by atoms with Crippen LogP contribution in [0.15, 0.2) is 10.7 Å². The third kappa shape index (κ3) is 1.50. The smallest absolute Gasteiger partial charge is 0.261 e. The van der Waals surface area contributed by atoms with Gasteiger partial charge in [0.2, 0.25) is 0 Å². The lowest BCUT2D eigenvalue weighted by Gasteiger charge is -2.07. The van der Waals surface area contributed by atoms with Crippen LogP contribution in [0.5, 0.6) is 0 Å². The lowest BCUT2D eigenvalue weighted by Crippen LogP contribution is -2.31. The van der Waals surface area contributed by atoms with Gasteiger partial charge in [0, 0.05) is 13.5 Å². The van der Waals surface area contributed by atoms with Crippen LogP contribution in [0, 0.1) is 0 Å². The molecule has 4 heteroatoms. The molecule has 0 spiro atoms. The highest BCUT2D eigenvalue weighted by molar-refractivity contribution is 9.11. The van der Waals surface area contributed by atoms with Gasteiger partial charge in [-0.25, -0.2) is 0 Å². The second-order valence-electron chi connectivity index (χ2n) is 1.96. The molecule has 1 heterocycles. The first-order chi connectivity index (χ1) is 4.74. The third-order valence-corrected chi connectivity index (χ3v) is 1.80. The van der Waals surface area contributed by atoms with E-state index in [2.05, 4.69) is 21.2 Å². The number of carbonyl (C=O) groups excluding carboxylic acids is 1. The monoisotopic (exact) mass is 205 g/mol. The van der Waals surface area contributed by atoms with Crippen molar-refractivity contribution in [3.63, 3.8) is 0 Å². The Bertz CT molecular complexity index is 179. The van der Waals surface area contributed by atoms with Gasteiger partial charge in [-0.2, -0.15) is 0 Å². The maximum Gasteiger partial charge on any atom is 0.261 e. The molecule has 0 radical (unpaired) electrons. The van der Waals surface area contributed by atoms with Crippen LogP contribution < -0.4 is 5.32 Å². The first kappa shape index (κ1) is 7.60. The van der Waals surface area contributed by atoms with Gasteiger partial charge in [0.15, 0.2) is 10.8 Å². The summed E-state index contributed by atoms with van der Waals surface area (Å²) < 4.78 is 5.73.